The number of benzene rings is 2. The van der Waals surface area contributed by atoms with Crippen LogP contribution >= 0.6 is 0 Å². The lowest BCUT2D eigenvalue weighted by atomic mass is 10.1. The number of anilines is 1. The van der Waals surface area contributed by atoms with Crippen molar-refractivity contribution in [2.24, 2.45) is 10.7 Å². The van der Waals surface area contributed by atoms with E-state index in [1.54, 1.807) is 32.2 Å². The lowest BCUT2D eigenvalue weighted by molar-refractivity contribution is 0.102. The minimum absolute atomic E-state index is 0.209. The number of methoxy groups -OCH3 is 1. The number of aliphatic imine (C=N–C) groups is 1. The molecule has 0 radical (unpaired) electrons. The van der Waals surface area contributed by atoms with Crippen LogP contribution in [0.5, 0.6) is 5.75 Å². The largest absolute Gasteiger partial charge is 0.497 e. The number of carbonyl (C=O) groups excluding carboxylic acids is 1. The predicted molar refractivity (Wildman–Crippen MR) is 117 cm³/mol. The van der Waals surface area contributed by atoms with Crippen LogP contribution in [0.1, 0.15) is 35.8 Å². The van der Waals surface area contributed by atoms with Crippen LogP contribution in [0.2, 0.25) is 0 Å². The zero-order chi connectivity index (χ0) is 20.8. The van der Waals surface area contributed by atoms with Crippen LogP contribution in [0.4, 0.5) is 5.69 Å². The number of amides is 1. The van der Waals surface area contributed by atoms with E-state index in [9.17, 15) is 4.79 Å². The minimum atomic E-state index is -0.209. The molecule has 5 N–H and O–H groups in total. The van der Waals surface area contributed by atoms with Crippen LogP contribution in [0, 0.1) is 5.41 Å². The van der Waals surface area contributed by atoms with Crippen molar-refractivity contribution in [3.8, 4) is 5.75 Å². The van der Waals surface area contributed by atoms with E-state index in [4.69, 9.17) is 15.9 Å². The highest BCUT2D eigenvalue weighted by Gasteiger charge is 2.10. The summed E-state index contributed by atoms with van der Waals surface area (Å²) in [7, 11) is 1.61. The number of nitrogens with one attached hydrogen (secondary N) is 3. The van der Waals surface area contributed by atoms with Crippen molar-refractivity contribution in [3.05, 3.63) is 59.8 Å². The minimum Gasteiger partial charge on any atom is -0.497 e. The summed E-state index contributed by atoms with van der Waals surface area (Å²) in [4.78, 5) is 19.4. The fraction of sp³-hybridized carbons (Fsp3) is 0.227. The maximum atomic E-state index is 12.3. The number of nitrogens with zero attached hydrogens (tertiary/aromatic N) is 1. The molecule has 0 unspecified atom stereocenters. The molecule has 29 heavy (non-hydrogen) atoms. The summed E-state index contributed by atoms with van der Waals surface area (Å²) in [6.45, 7) is 2.68. The standard InChI is InChI=1S/C18H17N3O2.C4H8N2/c1-11(19)12-3-5-14(6-4-12)20-18(22)17-10-13-9-15(23-2)7-8-16(13)21-17;5-4-2-1-3-6-4/h3-10,19,21H,1-2H3,(H,20,22);1-3H2,(H2,5,6). The Bertz CT molecular complexity index is 1050. The molecular formula is C22H25N5O2. The van der Waals surface area contributed by atoms with Gasteiger partial charge >= 0.3 is 0 Å². The molecule has 0 fully saturated rings. The monoisotopic (exact) mass is 391 g/mol. The second kappa shape index (κ2) is 9.05. The Morgan fingerprint density at radius 1 is 1.21 bits per heavy atom. The van der Waals surface area contributed by atoms with Crippen molar-refractivity contribution in [2.75, 3.05) is 19.0 Å². The highest BCUT2D eigenvalue weighted by Crippen LogP contribution is 2.22. The fourth-order valence-electron chi connectivity index (χ4n) is 2.92. The predicted octanol–water partition coefficient (Wildman–Crippen LogP) is 3.95. The molecule has 2 aromatic carbocycles. The maximum absolute atomic E-state index is 12.3. The summed E-state index contributed by atoms with van der Waals surface area (Å²) in [6.07, 6.45) is 2.17. The van der Waals surface area contributed by atoms with Gasteiger partial charge in [0.1, 0.15) is 11.4 Å². The van der Waals surface area contributed by atoms with Gasteiger partial charge in [-0.15, -0.1) is 0 Å². The first-order valence-corrected chi connectivity index (χ1v) is 9.39. The molecule has 7 heteroatoms. The number of amidine groups is 1. The van der Waals surface area contributed by atoms with Gasteiger partial charge in [0, 0.05) is 35.3 Å². The van der Waals surface area contributed by atoms with Gasteiger partial charge in [-0.05, 0) is 55.3 Å². The lowest BCUT2D eigenvalue weighted by Crippen LogP contribution is -2.12. The number of aromatic amines is 1. The molecule has 150 valence electrons. The molecule has 1 aromatic heterocycles. The van der Waals surface area contributed by atoms with Gasteiger partial charge in [0.2, 0.25) is 0 Å². The second-order valence-electron chi connectivity index (χ2n) is 6.77. The first-order valence-electron chi connectivity index (χ1n) is 9.39. The van der Waals surface area contributed by atoms with E-state index < -0.39 is 0 Å². The molecule has 0 aliphatic carbocycles. The first-order chi connectivity index (χ1) is 14.0. The van der Waals surface area contributed by atoms with Gasteiger partial charge < -0.3 is 26.2 Å². The van der Waals surface area contributed by atoms with E-state index in [-0.39, 0.29) is 5.91 Å². The van der Waals surface area contributed by atoms with E-state index in [0.717, 1.165) is 47.4 Å². The highest BCUT2D eigenvalue weighted by molar-refractivity contribution is 6.06. The molecule has 0 atom stereocenters. The average Bonchev–Trinajstić information content (AvgIpc) is 3.37. The van der Waals surface area contributed by atoms with Crippen molar-refractivity contribution in [3.63, 3.8) is 0 Å². The zero-order valence-electron chi connectivity index (χ0n) is 16.6. The molecule has 3 aromatic rings. The molecule has 0 bridgehead atoms. The molecule has 4 rings (SSSR count). The van der Waals surface area contributed by atoms with Gasteiger partial charge in [0.25, 0.3) is 5.91 Å². The lowest BCUT2D eigenvalue weighted by Gasteiger charge is -2.05. The van der Waals surface area contributed by atoms with Crippen molar-refractivity contribution >= 4 is 34.0 Å². The molecule has 7 nitrogen and oxygen atoms in total. The molecule has 1 aliphatic heterocycles. The Morgan fingerprint density at radius 2 is 1.97 bits per heavy atom. The molecule has 1 amide bonds. The third-order valence-corrected chi connectivity index (χ3v) is 4.55. The molecule has 0 saturated heterocycles. The first kappa shape index (κ1) is 20.1. The number of hydrogen-bond donors (Lipinski definition) is 4. The Hall–Kier alpha value is -3.61. The number of nitrogens with two attached hydrogens (primary N) is 1. The third kappa shape index (κ3) is 5.22. The summed E-state index contributed by atoms with van der Waals surface area (Å²) in [5.41, 5.74) is 8.67. The maximum Gasteiger partial charge on any atom is 0.272 e. The summed E-state index contributed by atoms with van der Waals surface area (Å²) in [5, 5.41) is 11.3. The summed E-state index contributed by atoms with van der Waals surface area (Å²) < 4.78 is 5.19. The van der Waals surface area contributed by atoms with Gasteiger partial charge in [-0.1, -0.05) is 12.1 Å². The van der Waals surface area contributed by atoms with Gasteiger partial charge in [0.05, 0.1) is 12.9 Å². The number of fused-ring (bicyclic) bond motifs is 1. The highest BCUT2D eigenvalue weighted by atomic mass is 16.5. The van der Waals surface area contributed by atoms with Crippen LogP contribution in [-0.4, -0.2) is 36.1 Å². The summed E-state index contributed by atoms with van der Waals surface area (Å²) >= 11 is 0. The van der Waals surface area contributed by atoms with E-state index >= 15 is 0 Å². The molecular weight excluding hydrogens is 366 g/mol. The number of rotatable bonds is 4. The van der Waals surface area contributed by atoms with E-state index in [0.29, 0.717) is 17.1 Å². The van der Waals surface area contributed by atoms with E-state index in [1.807, 2.05) is 30.3 Å². The van der Waals surface area contributed by atoms with Crippen molar-refractivity contribution in [1.82, 2.24) is 4.98 Å². The Balaban J connectivity index is 0.000000343. The van der Waals surface area contributed by atoms with Crippen LogP contribution in [0.3, 0.4) is 0 Å². The summed E-state index contributed by atoms with van der Waals surface area (Å²) in [5.74, 6) is 1.37. The van der Waals surface area contributed by atoms with Crippen LogP contribution in [0.15, 0.2) is 53.5 Å². The van der Waals surface area contributed by atoms with Crippen LogP contribution in [-0.2, 0) is 0 Å². The normalized spacial score (nSPS) is 12.7. The third-order valence-electron chi connectivity index (χ3n) is 4.55. The second-order valence-corrected chi connectivity index (χ2v) is 6.77. The molecule has 0 saturated carbocycles. The Labute approximate surface area is 169 Å². The Kier molecular flexibility index (Phi) is 6.29. The SMILES string of the molecule is COc1ccc2[nH]c(C(=O)Nc3ccc(C(C)=N)cc3)cc2c1.NC1=NCCC1. The number of hydrogen-bond acceptors (Lipinski definition) is 5. The van der Waals surface area contributed by atoms with E-state index in [1.165, 1.54) is 0 Å². The van der Waals surface area contributed by atoms with Crippen molar-refractivity contribution < 1.29 is 9.53 Å². The molecule has 1 aliphatic rings. The number of aromatic nitrogens is 1. The Morgan fingerprint density at radius 3 is 2.52 bits per heavy atom. The molecule has 2 heterocycles. The number of H-pyrrole nitrogens is 1. The van der Waals surface area contributed by atoms with Gasteiger partial charge in [-0.3, -0.25) is 9.79 Å². The van der Waals surface area contributed by atoms with Crippen LogP contribution in [0.25, 0.3) is 10.9 Å². The number of ether oxygens (including phenoxy) is 1. The topological polar surface area (TPSA) is 116 Å². The van der Waals surface area contributed by atoms with Gasteiger partial charge in [-0.25, -0.2) is 0 Å². The van der Waals surface area contributed by atoms with Crippen LogP contribution < -0.4 is 15.8 Å². The van der Waals surface area contributed by atoms with Crippen molar-refractivity contribution in [2.45, 2.75) is 19.8 Å². The zero-order valence-corrected chi connectivity index (χ0v) is 16.6. The fourth-order valence-corrected chi connectivity index (χ4v) is 2.92. The van der Waals surface area contributed by atoms with E-state index in [2.05, 4.69) is 15.3 Å². The smallest absolute Gasteiger partial charge is 0.272 e. The van der Waals surface area contributed by atoms with Crippen molar-refractivity contribution in [1.29, 1.82) is 5.41 Å². The number of carbonyl (C=O) groups is 1. The summed E-state index contributed by atoms with van der Waals surface area (Å²) in [6, 6.07) is 14.6. The quantitative estimate of drug-likeness (QED) is 0.504. The van der Waals surface area contributed by atoms with Gasteiger partial charge in [-0.2, -0.15) is 0 Å². The average molecular weight is 391 g/mol. The molecule has 0 spiro atoms. The van der Waals surface area contributed by atoms with Gasteiger partial charge in [0.15, 0.2) is 0 Å².